The van der Waals surface area contributed by atoms with Crippen LogP contribution < -0.4 is 0 Å². The molecule has 2 rings (SSSR count). The summed E-state index contributed by atoms with van der Waals surface area (Å²) in [6, 6.07) is 14.2. The van der Waals surface area contributed by atoms with E-state index in [0.29, 0.717) is 0 Å². The Balaban J connectivity index is 2.43. The van der Waals surface area contributed by atoms with E-state index in [1.165, 1.54) is 16.7 Å². The molecule has 0 aliphatic carbocycles. The van der Waals surface area contributed by atoms with Crippen LogP contribution in [0, 0.1) is 13.8 Å². The van der Waals surface area contributed by atoms with Crippen molar-refractivity contribution in [2.75, 3.05) is 0 Å². The van der Waals surface area contributed by atoms with Gasteiger partial charge in [0.1, 0.15) is 0 Å². The largest absolute Gasteiger partial charge is 0.478 e. The van der Waals surface area contributed by atoms with E-state index in [9.17, 15) is 4.79 Å². The van der Waals surface area contributed by atoms with Crippen LogP contribution >= 0.6 is 0 Å². The summed E-state index contributed by atoms with van der Waals surface area (Å²) < 4.78 is 0. The maximum atomic E-state index is 10.5. The molecule has 1 N–H and O–H groups in total. The molecule has 0 unspecified atom stereocenters. The normalized spacial score (nSPS) is 10.8. The highest BCUT2D eigenvalue weighted by Crippen LogP contribution is 2.25. The maximum Gasteiger partial charge on any atom is 0.328 e. The fourth-order valence-corrected chi connectivity index (χ4v) is 2.02. The molecule has 2 aromatic carbocycles. The Morgan fingerprint density at radius 2 is 1.89 bits per heavy atom. The van der Waals surface area contributed by atoms with Crippen molar-refractivity contribution in [1.29, 1.82) is 0 Å². The minimum Gasteiger partial charge on any atom is -0.478 e. The Kier molecular flexibility index (Phi) is 3.81. The molecule has 0 aliphatic rings. The third kappa shape index (κ3) is 3.32. The van der Waals surface area contributed by atoms with Crippen molar-refractivity contribution in [2.24, 2.45) is 0 Å². The summed E-state index contributed by atoms with van der Waals surface area (Å²) in [5, 5.41) is 8.65. The lowest BCUT2D eigenvalue weighted by molar-refractivity contribution is -0.131. The fourth-order valence-electron chi connectivity index (χ4n) is 2.02. The van der Waals surface area contributed by atoms with Crippen LogP contribution in [0.4, 0.5) is 0 Å². The Labute approximate surface area is 113 Å². The third-order valence-corrected chi connectivity index (χ3v) is 3.01. The van der Waals surface area contributed by atoms with Crippen molar-refractivity contribution < 1.29 is 9.90 Å². The van der Waals surface area contributed by atoms with Gasteiger partial charge >= 0.3 is 5.97 Å². The van der Waals surface area contributed by atoms with E-state index >= 15 is 0 Å². The molecular weight excluding hydrogens is 236 g/mol. The van der Waals surface area contributed by atoms with Gasteiger partial charge in [-0.05, 0) is 48.2 Å². The van der Waals surface area contributed by atoms with E-state index in [4.69, 9.17) is 5.11 Å². The van der Waals surface area contributed by atoms with Crippen LogP contribution in [-0.2, 0) is 4.79 Å². The van der Waals surface area contributed by atoms with Crippen LogP contribution in [0.3, 0.4) is 0 Å². The molecule has 0 fully saturated rings. The third-order valence-electron chi connectivity index (χ3n) is 3.01. The van der Waals surface area contributed by atoms with Crippen LogP contribution in [-0.4, -0.2) is 11.1 Å². The van der Waals surface area contributed by atoms with Gasteiger partial charge in [0.25, 0.3) is 0 Å². The number of rotatable bonds is 3. The topological polar surface area (TPSA) is 37.3 Å². The summed E-state index contributed by atoms with van der Waals surface area (Å²) in [5.41, 5.74) is 5.61. The van der Waals surface area contributed by atoms with Crippen LogP contribution in [0.15, 0.2) is 48.5 Å². The summed E-state index contributed by atoms with van der Waals surface area (Å²) in [6.45, 7) is 4.14. The van der Waals surface area contributed by atoms with Gasteiger partial charge in [0.05, 0.1) is 0 Å². The number of aliphatic carboxylic acids is 1. The zero-order valence-corrected chi connectivity index (χ0v) is 11.1. The second-order valence-corrected chi connectivity index (χ2v) is 4.62. The van der Waals surface area contributed by atoms with E-state index < -0.39 is 5.97 Å². The second kappa shape index (κ2) is 5.53. The van der Waals surface area contributed by atoms with Crippen LogP contribution in [0.1, 0.15) is 16.7 Å². The summed E-state index contributed by atoms with van der Waals surface area (Å²) >= 11 is 0. The molecule has 0 heterocycles. The van der Waals surface area contributed by atoms with E-state index in [2.05, 4.69) is 32.0 Å². The molecule has 19 heavy (non-hydrogen) atoms. The first kappa shape index (κ1) is 13.1. The molecule has 0 aromatic heterocycles. The standard InChI is InChI=1S/C17H16O2/c1-12-6-7-13(2)16(10-12)15-5-3-4-14(11-15)8-9-17(18)19/h3-11H,1-2H3,(H,18,19)/b9-8+. The van der Waals surface area contributed by atoms with Gasteiger partial charge in [-0.25, -0.2) is 4.79 Å². The smallest absolute Gasteiger partial charge is 0.328 e. The Morgan fingerprint density at radius 3 is 2.63 bits per heavy atom. The molecule has 0 bridgehead atoms. The van der Waals surface area contributed by atoms with Crippen molar-refractivity contribution in [3.8, 4) is 11.1 Å². The van der Waals surface area contributed by atoms with Gasteiger partial charge in [-0.15, -0.1) is 0 Å². The van der Waals surface area contributed by atoms with Gasteiger partial charge in [0.2, 0.25) is 0 Å². The first-order valence-corrected chi connectivity index (χ1v) is 6.15. The number of carboxylic acid groups (broad SMARTS) is 1. The van der Waals surface area contributed by atoms with E-state index in [-0.39, 0.29) is 0 Å². The summed E-state index contributed by atoms with van der Waals surface area (Å²) in [4.78, 5) is 10.5. The number of hydrogen-bond donors (Lipinski definition) is 1. The molecule has 0 atom stereocenters. The number of aryl methyl sites for hydroxylation is 2. The van der Waals surface area contributed by atoms with Gasteiger partial charge in [0.15, 0.2) is 0 Å². The lowest BCUT2D eigenvalue weighted by Gasteiger charge is -2.08. The molecule has 2 aromatic rings. The van der Waals surface area contributed by atoms with E-state index in [0.717, 1.165) is 17.2 Å². The average Bonchev–Trinajstić information content (AvgIpc) is 2.39. The van der Waals surface area contributed by atoms with Crippen LogP contribution in [0.5, 0.6) is 0 Å². The number of hydrogen-bond acceptors (Lipinski definition) is 1. The van der Waals surface area contributed by atoms with Crippen molar-refractivity contribution in [3.05, 3.63) is 65.2 Å². The maximum absolute atomic E-state index is 10.5. The zero-order valence-electron chi connectivity index (χ0n) is 11.1. The fraction of sp³-hybridized carbons (Fsp3) is 0.118. The van der Waals surface area contributed by atoms with Gasteiger partial charge in [-0.1, -0.05) is 42.0 Å². The predicted molar refractivity (Wildman–Crippen MR) is 78.0 cm³/mol. The zero-order chi connectivity index (χ0) is 13.8. The monoisotopic (exact) mass is 252 g/mol. The molecule has 0 spiro atoms. The predicted octanol–water partition coefficient (Wildman–Crippen LogP) is 4.07. The van der Waals surface area contributed by atoms with Gasteiger partial charge in [-0.3, -0.25) is 0 Å². The quantitative estimate of drug-likeness (QED) is 0.836. The number of carbonyl (C=O) groups is 1. The van der Waals surface area contributed by atoms with E-state index in [1.807, 2.05) is 24.3 Å². The molecule has 96 valence electrons. The second-order valence-electron chi connectivity index (χ2n) is 4.62. The van der Waals surface area contributed by atoms with Crippen molar-refractivity contribution in [3.63, 3.8) is 0 Å². The van der Waals surface area contributed by atoms with Crippen LogP contribution in [0.25, 0.3) is 17.2 Å². The van der Waals surface area contributed by atoms with Crippen molar-refractivity contribution in [1.82, 2.24) is 0 Å². The summed E-state index contributed by atoms with van der Waals surface area (Å²) in [5.74, 6) is -0.933. The lowest BCUT2D eigenvalue weighted by Crippen LogP contribution is -1.87. The molecule has 2 nitrogen and oxygen atoms in total. The van der Waals surface area contributed by atoms with Crippen molar-refractivity contribution in [2.45, 2.75) is 13.8 Å². The minimum atomic E-state index is -0.933. The Morgan fingerprint density at radius 1 is 1.11 bits per heavy atom. The number of benzene rings is 2. The molecule has 0 aliphatic heterocycles. The minimum absolute atomic E-state index is 0.890. The van der Waals surface area contributed by atoms with Crippen molar-refractivity contribution >= 4 is 12.0 Å². The Hall–Kier alpha value is -2.35. The van der Waals surface area contributed by atoms with Gasteiger partial charge < -0.3 is 5.11 Å². The van der Waals surface area contributed by atoms with Crippen LogP contribution in [0.2, 0.25) is 0 Å². The highest BCUT2D eigenvalue weighted by Gasteiger charge is 2.02. The Bertz CT molecular complexity index is 639. The first-order valence-electron chi connectivity index (χ1n) is 6.15. The average molecular weight is 252 g/mol. The molecule has 0 saturated carbocycles. The molecule has 2 heteroatoms. The summed E-state index contributed by atoms with van der Waals surface area (Å²) in [7, 11) is 0. The molecule has 0 amide bonds. The highest BCUT2D eigenvalue weighted by atomic mass is 16.4. The van der Waals surface area contributed by atoms with Gasteiger partial charge in [-0.2, -0.15) is 0 Å². The SMILES string of the molecule is Cc1ccc(C)c(-c2cccc(/C=C/C(=O)O)c2)c1. The molecular formula is C17H16O2. The lowest BCUT2D eigenvalue weighted by atomic mass is 9.97. The highest BCUT2D eigenvalue weighted by molar-refractivity contribution is 5.85. The molecule has 0 radical (unpaired) electrons. The summed E-state index contributed by atoms with van der Waals surface area (Å²) in [6.07, 6.45) is 2.76. The number of carboxylic acids is 1. The molecule has 0 saturated heterocycles. The van der Waals surface area contributed by atoms with Gasteiger partial charge in [0, 0.05) is 6.08 Å². The van der Waals surface area contributed by atoms with E-state index in [1.54, 1.807) is 6.08 Å². The first-order chi connectivity index (χ1) is 9.06.